The molecule has 0 unspecified atom stereocenters. The van der Waals surface area contributed by atoms with Crippen LogP contribution in [0, 0.1) is 0 Å². The number of rotatable bonds is 6. The maximum atomic E-state index is 12.0. The molecule has 2 aromatic rings. The van der Waals surface area contributed by atoms with Crippen LogP contribution in [-0.4, -0.2) is 16.3 Å². The molecule has 1 amide bonds. The number of benzene rings is 1. The van der Waals surface area contributed by atoms with Gasteiger partial charge in [-0.05, 0) is 42.2 Å². The summed E-state index contributed by atoms with van der Waals surface area (Å²) in [5, 5.41) is 3.93. The molecular formula is C17H19N3OS. The smallest absolute Gasteiger partial charge is 0.226 e. The number of nitrogens with zero attached hydrogens (tertiary/aromatic N) is 1. The molecule has 2 rings (SSSR count). The Balaban J connectivity index is 1.92. The monoisotopic (exact) mass is 313 g/mol. The van der Waals surface area contributed by atoms with Gasteiger partial charge in [0.15, 0.2) is 0 Å². The second-order valence-electron chi connectivity index (χ2n) is 4.90. The van der Waals surface area contributed by atoms with Gasteiger partial charge in [-0.25, -0.2) is 0 Å². The molecule has 0 fully saturated rings. The van der Waals surface area contributed by atoms with E-state index in [2.05, 4.69) is 16.3 Å². The van der Waals surface area contributed by atoms with Gasteiger partial charge in [0.1, 0.15) is 0 Å². The SMILES string of the molecule is C=C(/C=C\C=C/C)[C@@H](N)CC(=O)Nc1ccc2cnsc2c1. The van der Waals surface area contributed by atoms with E-state index in [0.29, 0.717) is 0 Å². The first-order valence-electron chi connectivity index (χ1n) is 6.98. The molecule has 0 aliphatic rings. The molecule has 0 saturated heterocycles. The highest BCUT2D eigenvalue weighted by molar-refractivity contribution is 7.13. The van der Waals surface area contributed by atoms with Crippen molar-refractivity contribution in [2.75, 3.05) is 5.32 Å². The second kappa shape index (κ2) is 7.68. The minimum absolute atomic E-state index is 0.128. The lowest BCUT2D eigenvalue weighted by Crippen LogP contribution is -2.28. The molecule has 0 spiro atoms. The number of nitrogens with one attached hydrogen (secondary N) is 1. The normalized spacial score (nSPS) is 13.0. The molecule has 5 heteroatoms. The van der Waals surface area contributed by atoms with Gasteiger partial charge in [0.2, 0.25) is 5.91 Å². The van der Waals surface area contributed by atoms with E-state index in [1.165, 1.54) is 11.5 Å². The van der Waals surface area contributed by atoms with Gasteiger partial charge in [0.25, 0.3) is 0 Å². The zero-order chi connectivity index (χ0) is 15.9. The zero-order valence-corrected chi connectivity index (χ0v) is 13.3. The Morgan fingerprint density at radius 3 is 3.09 bits per heavy atom. The number of aromatic nitrogens is 1. The van der Waals surface area contributed by atoms with Gasteiger partial charge in [-0.2, -0.15) is 4.37 Å². The highest BCUT2D eigenvalue weighted by Gasteiger charge is 2.11. The van der Waals surface area contributed by atoms with Crippen molar-refractivity contribution in [1.82, 2.24) is 4.37 Å². The number of hydrogen-bond acceptors (Lipinski definition) is 4. The van der Waals surface area contributed by atoms with Gasteiger partial charge in [-0.3, -0.25) is 4.79 Å². The van der Waals surface area contributed by atoms with Crippen LogP contribution < -0.4 is 11.1 Å². The van der Waals surface area contributed by atoms with Crippen LogP contribution in [0.4, 0.5) is 5.69 Å². The Hall–Kier alpha value is -2.24. The van der Waals surface area contributed by atoms with E-state index in [-0.39, 0.29) is 12.3 Å². The van der Waals surface area contributed by atoms with E-state index < -0.39 is 6.04 Å². The third-order valence-electron chi connectivity index (χ3n) is 3.14. The lowest BCUT2D eigenvalue weighted by molar-refractivity contribution is -0.116. The minimum Gasteiger partial charge on any atom is -0.326 e. The number of amides is 1. The quantitative estimate of drug-likeness (QED) is 0.800. The van der Waals surface area contributed by atoms with Gasteiger partial charge in [0, 0.05) is 29.7 Å². The topological polar surface area (TPSA) is 68.0 Å². The van der Waals surface area contributed by atoms with Crippen LogP contribution in [0.15, 0.2) is 60.9 Å². The van der Waals surface area contributed by atoms with Crippen LogP contribution in [0.5, 0.6) is 0 Å². The molecule has 4 nitrogen and oxygen atoms in total. The first kappa shape index (κ1) is 16.1. The Kier molecular flexibility index (Phi) is 5.63. The summed E-state index contributed by atoms with van der Waals surface area (Å²) in [4.78, 5) is 12.0. The summed E-state index contributed by atoms with van der Waals surface area (Å²) in [7, 11) is 0. The van der Waals surface area contributed by atoms with Crippen molar-refractivity contribution >= 4 is 33.2 Å². The Morgan fingerprint density at radius 2 is 2.32 bits per heavy atom. The molecule has 1 aromatic heterocycles. The van der Waals surface area contributed by atoms with Crippen molar-refractivity contribution in [1.29, 1.82) is 0 Å². The van der Waals surface area contributed by atoms with Crippen molar-refractivity contribution in [3.63, 3.8) is 0 Å². The number of nitrogens with two attached hydrogens (primary N) is 1. The third kappa shape index (κ3) is 4.38. The number of carbonyl (C=O) groups excluding carboxylic acids is 1. The van der Waals surface area contributed by atoms with Crippen molar-refractivity contribution < 1.29 is 4.79 Å². The van der Waals surface area contributed by atoms with E-state index in [0.717, 1.165) is 21.3 Å². The molecular weight excluding hydrogens is 294 g/mol. The Morgan fingerprint density at radius 1 is 1.50 bits per heavy atom. The fraction of sp³-hybridized carbons (Fsp3) is 0.176. The van der Waals surface area contributed by atoms with E-state index in [4.69, 9.17) is 5.73 Å². The molecule has 1 aromatic carbocycles. The van der Waals surface area contributed by atoms with Gasteiger partial charge < -0.3 is 11.1 Å². The van der Waals surface area contributed by atoms with Gasteiger partial charge in [-0.1, -0.05) is 30.9 Å². The highest BCUT2D eigenvalue weighted by atomic mass is 32.1. The molecule has 114 valence electrons. The van der Waals surface area contributed by atoms with Crippen LogP contribution in [0.3, 0.4) is 0 Å². The molecule has 3 N–H and O–H groups in total. The van der Waals surface area contributed by atoms with Crippen molar-refractivity contribution in [2.45, 2.75) is 19.4 Å². The van der Waals surface area contributed by atoms with Crippen molar-refractivity contribution in [2.24, 2.45) is 5.73 Å². The average Bonchev–Trinajstić information content (AvgIpc) is 2.94. The predicted octanol–water partition coefficient (Wildman–Crippen LogP) is 3.64. The summed E-state index contributed by atoms with van der Waals surface area (Å²) in [5.74, 6) is -0.128. The number of fused-ring (bicyclic) bond motifs is 1. The summed E-state index contributed by atoms with van der Waals surface area (Å²) in [6.45, 7) is 5.82. The predicted molar refractivity (Wildman–Crippen MR) is 93.9 cm³/mol. The van der Waals surface area contributed by atoms with Gasteiger partial charge >= 0.3 is 0 Å². The maximum absolute atomic E-state index is 12.0. The Bertz CT molecular complexity index is 730. The van der Waals surface area contributed by atoms with E-state index in [1.54, 1.807) is 0 Å². The standard InChI is InChI=1S/C17H19N3OS/c1-3-4-5-6-12(2)15(18)10-17(21)20-14-8-7-13-11-19-22-16(13)9-14/h3-9,11,15H,2,10,18H2,1H3,(H,20,21)/b4-3-,6-5-/t15-/m0/s1. The van der Waals surface area contributed by atoms with Gasteiger partial charge in [-0.15, -0.1) is 0 Å². The summed E-state index contributed by atoms with van der Waals surface area (Å²) in [6, 6.07) is 5.32. The second-order valence-corrected chi connectivity index (χ2v) is 5.73. The summed E-state index contributed by atoms with van der Waals surface area (Å²) < 4.78 is 5.16. The fourth-order valence-electron chi connectivity index (χ4n) is 1.89. The lowest BCUT2D eigenvalue weighted by atomic mass is 10.1. The number of allylic oxidation sites excluding steroid dienone is 3. The minimum atomic E-state index is -0.395. The van der Waals surface area contributed by atoms with Crippen LogP contribution in [0.2, 0.25) is 0 Å². The van der Waals surface area contributed by atoms with Crippen LogP contribution >= 0.6 is 11.5 Å². The van der Waals surface area contributed by atoms with Crippen LogP contribution in [-0.2, 0) is 4.79 Å². The first-order chi connectivity index (χ1) is 10.6. The van der Waals surface area contributed by atoms with E-state index in [1.807, 2.05) is 55.6 Å². The van der Waals surface area contributed by atoms with Gasteiger partial charge in [0.05, 0.1) is 4.70 Å². The lowest BCUT2D eigenvalue weighted by Gasteiger charge is -2.12. The molecule has 1 atom stereocenters. The molecule has 22 heavy (non-hydrogen) atoms. The number of carbonyl (C=O) groups is 1. The molecule has 0 aliphatic heterocycles. The Labute approximate surface area is 134 Å². The molecule has 1 heterocycles. The van der Waals surface area contributed by atoms with E-state index in [9.17, 15) is 4.79 Å². The molecule has 0 aliphatic carbocycles. The fourth-order valence-corrected chi connectivity index (χ4v) is 2.58. The molecule has 0 bridgehead atoms. The van der Waals surface area contributed by atoms with Crippen LogP contribution in [0.25, 0.3) is 10.1 Å². The largest absolute Gasteiger partial charge is 0.326 e. The average molecular weight is 313 g/mol. The van der Waals surface area contributed by atoms with Crippen molar-refractivity contribution in [3.8, 4) is 0 Å². The summed E-state index contributed by atoms with van der Waals surface area (Å²) >= 11 is 1.40. The zero-order valence-electron chi connectivity index (χ0n) is 12.5. The van der Waals surface area contributed by atoms with E-state index >= 15 is 0 Å². The summed E-state index contributed by atoms with van der Waals surface area (Å²) in [6.07, 6.45) is 9.49. The highest BCUT2D eigenvalue weighted by Crippen LogP contribution is 2.22. The third-order valence-corrected chi connectivity index (χ3v) is 3.90. The molecule has 0 radical (unpaired) electrons. The maximum Gasteiger partial charge on any atom is 0.226 e. The van der Waals surface area contributed by atoms with Crippen LogP contribution in [0.1, 0.15) is 13.3 Å². The summed E-state index contributed by atoms with van der Waals surface area (Å²) in [5.41, 5.74) is 7.47. The van der Waals surface area contributed by atoms with Crippen molar-refractivity contribution in [3.05, 3.63) is 60.9 Å². The number of hydrogen-bond donors (Lipinski definition) is 2. The molecule has 0 saturated carbocycles. The first-order valence-corrected chi connectivity index (χ1v) is 7.75. The number of anilines is 1.